The molecular weight excluding hydrogens is 344 g/mol. The highest BCUT2D eigenvalue weighted by Crippen LogP contribution is 2.28. The van der Waals surface area contributed by atoms with Gasteiger partial charge in [0, 0.05) is 37.3 Å². The number of ether oxygens (including phenoxy) is 2. The molecule has 0 N–H and O–H groups in total. The summed E-state index contributed by atoms with van der Waals surface area (Å²) >= 11 is 0. The third kappa shape index (κ3) is 3.20. The minimum atomic E-state index is 0.0876. The van der Waals surface area contributed by atoms with Gasteiger partial charge in [-0.15, -0.1) is 0 Å². The molecule has 0 saturated heterocycles. The van der Waals surface area contributed by atoms with Gasteiger partial charge in [-0.05, 0) is 24.6 Å². The molecule has 0 fully saturated rings. The molecule has 0 saturated carbocycles. The number of amides is 1. The lowest BCUT2D eigenvalue weighted by atomic mass is 10.1. The number of hydrogen-bond acceptors (Lipinski definition) is 5. The van der Waals surface area contributed by atoms with E-state index in [4.69, 9.17) is 9.47 Å². The summed E-state index contributed by atoms with van der Waals surface area (Å²) in [5, 5.41) is 4.52. The number of nitrogens with zero attached hydrogens (tertiary/aromatic N) is 4. The van der Waals surface area contributed by atoms with Crippen LogP contribution in [0.15, 0.2) is 30.5 Å². The van der Waals surface area contributed by atoms with Crippen LogP contribution >= 0.6 is 0 Å². The predicted molar refractivity (Wildman–Crippen MR) is 100 cm³/mol. The number of benzene rings is 1. The number of methoxy groups -OCH3 is 2. The van der Waals surface area contributed by atoms with Crippen molar-refractivity contribution >= 4 is 11.6 Å². The Hall–Kier alpha value is -3.09. The summed E-state index contributed by atoms with van der Waals surface area (Å²) in [6, 6.07) is 7.55. The van der Waals surface area contributed by atoms with Gasteiger partial charge in [-0.2, -0.15) is 5.10 Å². The highest BCUT2D eigenvalue weighted by atomic mass is 16.5. The summed E-state index contributed by atoms with van der Waals surface area (Å²) in [6.07, 6.45) is 2.96. The lowest BCUT2D eigenvalue weighted by Gasteiger charge is -2.29. The summed E-state index contributed by atoms with van der Waals surface area (Å²) in [4.78, 5) is 19.2. The molecule has 1 aliphatic rings. The fourth-order valence-corrected chi connectivity index (χ4v) is 3.54. The number of fused-ring (bicyclic) bond motifs is 3. The summed E-state index contributed by atoms with van der Waals surface area (Å²) < 4.78 is 12.5. The molecule has 0 atom stereocenters. The van der Waals surface area contributed by atoms with Crippen LogP contribution in [-0.4, -0.2) is 46.2 Å². The molecule has 27 heavy (non-hydrogen) atoms. The van der Waals surface area contributed by atoms with Gasteiger partial charge in [-0.3, -0.25) is 4.79 Å². The topological polar surface area (TPSA) is 69.0 Å². The van der Waals surface area contributed by atoms with Crippen molar-refractivity contribution < 1.29 is 14.3 Å². The minimum absolute atomic E-state index is 0.0876. The third-order valence-corrected chi connectivity index (χ3v) is 4.93. The molecule has 1 aliphatic heterocycles. The van der Waals surface area contributed by atoms with Gasteiger partial charge in [0.2, 0.25) is 5.91 Å². The normalized spacial score (nSPS) is 13.5. The summed E-state index contributed by atoms with van der Waals surface area (Å²) in [5.74, 6) is 1.38. The molecule has 7 heteroatoms. The first-order chi connectivity index (χ1) is 13.1. The number of hydrogen-bond donors (Lipinski definition) is 0. The van der Waals surface area contributed by atoms with Crippen LogP contribution in [0.25, 0.3) is 5.65 Å². The van der Waals surface area contributed by atoms with E-state index < -0.39 is 0 Å². The highest BCUT2D eigenvalue weighted by Gasteiger charge is 2.23. The number of carbonyl (C=O) groups is 1. The molecule has 1 aromatic carbocycles. The third-order valence-electron chi connectivity index (χ3n) is 4.93. The van der Waals surface area contributed by atoms with Gasteiger partial charge in [0.25, 0.3) is 0 Å². The lowest BCUT2D eigenvalue weighted by Crippen LogP contribution is -2.37. The van der Waals surface area contributed by atoms with E-state index in [0.717, 1.165) is 34.6 Å². The van der Waals surface area contributed by atoms with E-state index in [9.17, 15) is 4.79 Å². The van der Waals surface area contributed by atoms with Crippen LogP contribution in [0.5, 0.6) is 11.5 Å². The Labute approximate surface area is 157 Å². The molecule has 140 valence electrons. The van der Waals surface area contributed by atoms with Gasteiger partial charge in [-0.25, -0.2) is 9.50 Å². The van der Waals surface area contributed by atoms with Crippen molar-refractivity contribution in [2.24, 2.45) is 0 Å². The maximum atomic E-state index is 12.8. The van der Waals surface area contributed by atoms with Crippen LogP contribution in [0, 0.1) is 6.92 Å². The fourth-order valence-electron chi connectivity index (χ4n) is 3.54. The van der Waals surface area contributed by atoms with Gasteiger partial charge >= 0.3 is 0 Å². The maximum Gasteiger partial charge on any atom is 0.227 e. The standard InChI is InChI=1S/C20H22N4O3/c1-13-8-19-21-11-15-12-23(7-6-16(15)24(19)22-13)20(25)10-14-4-5-17(26-2)18(9-14)27-3/h4-5,8-9,11H,6-7,10,12H2,1-3H3. The Bertz CT molecular complexity index is 1010. The van der Waals surface area contributed by atoms with Crippen LogP contribution in [0.1, 0.15) is 22.5 Å². The first-order valence-electron chi connectivity index (χ1n) is 8.91. The maximum absolute atomic E-state index is 12.8. The molecule has 3 aromatic rings. The Morgan fingerprint density at radius 3 is 2.78 bits per heavy atom. The predicted octanol–water partition coefficient (Wildman–Crippen LogP) is 2.18. The van der Waals surface area contributed by atoms with E-state index in [1.807, 2.05) is 46.8 Å². The molecule has 0 bridgehead atoms. The van der Waals surface area contributed by atoms with Crippen LogP contribution in [0.2, 0.25) is 0 Å². The summed E-state index contributed by atoms with van der Waals surface area (Å²) in [6.45, 7) is 3.20. The molecule has 0 unspecified atom stereocenters. The van der Waals surface area contributed by atoms with Crippen LogP contribution < -0.4 is 9.47 Å². The number of rotatable bonds is 4. The first kappa shape index (κ1) is 17.3. The minimum Gasteiger partial charge on any atom is -0.493 e. The van der Waals surface area contributed by atoms with Crippen molar-refractivity contribution in [3.63, 3.8) is 0 Å². The molecule has 0 aliphatic carbocycles. The monoisotopic (exact) mass is 366 g/mol. The Morgan fingerprint density at radius 2 is 2.00 bits per heavy atom. The summed E-state index contributed by atoms with van der Waals surface area (Å²) in [5.41, 5.74) is 4.90. The Kier molecular flexibility index (Phi) is 4.43. The Morgan fingerprint density at radius 1 is 1.19 bits per heavy atom. The van der Waals surface area contributed by atoms with Gasteiger partial charge < -0.3 is 14.4 Å². The van der Waals surface area contributed by atoms with Gasteiger partial charge in [-0.1, -0.05) is 6.07 Å². The van der Waals surface area contributed by atoms with E-state index in [1.165, 1.54) is 0 Å². The molecule has 2 aromatic heterocycles. The van der Waals surface area contributed by atoms with E-state index in [0.29, 0.717) is 31.0 Å². The molecule has 3 heterocycles. The first-order valence-corrected chi connectivity index (χ1v) is 8.91. The zero-order chi connectivity index (χ0) is 19.0. The van der Waals surface area contributed by atoms with Crippen molar-refractivity contribution in [1.29, 1.82) is 0 Å². The second kappa shape index (κ2) is 6.90. The van der Waals surface area contributed by atoms with Crippen LogP contribution in [0.3, 0.4) is 0 Å². The average molecular weight is 366 g/mol. The van der Waals surface area contributed by atoms with E-state index in [1.54, 1.807) is 14.2 Å². The average Bonchev–Trinajstić information content (AvgIpc) is 3.08. The molecule has 7 nitrogen and oxygen atoms in total. The smallest absolute Gasteiger partial charge is 0.227 e. The van der Waals surface area contributed by atoms with Crippen LogP contribution in [0.4, 0.5) is 0 Å². The molecule has 1 amide bonds. The zero-order valence-electron chi connectivity index (χ0n) is 15.7. The van der Waals surface area contributed by atoms with Gasteiger partial charge in [0.05, 0.1) is 32.0 Å². The van der Waals surface area contributed by atoms with Gasteiger partial charge in [0.15, 0.2) is 17.1 Å². The second-order valence-corrected chi connectivity index (χ2v) is 6.72. The summed E-state index contributed by atoms with van der Waals surface area (Å²) in [7, 11) is 3.19. The fraction of sp³-hybridized carbons (Fsp3) is 0.350. The number of carbonyl (C=O) groups excluding carboxylic acids is 1. The van der Waals surface area contributed by atoms with Crippen molar-refractivity contribution in [2.45, 2.75) is 26.3 Å². The molecular formula is C20H22N4O3. The van der Waals surface area contributed by atoms with Crippen molar-refractivity contribution in [3.8, 4) is 11.5 Å². The van der Waals surface area contributed by atoms with E-state index in [2.05, 4.69) is 10.1 Å². The highest BCUT2D eigenvalue weighted by molar-refractivity contribution is 5.79. The quantitative estimate of drug-likeness (QED) is 0.708. The molecule has 0 spiro atoms. The lowest BCUT2D eigenvalue weighted by molar-refractivity contribution is -0.131. The van der Waals surface area contributed by atoms with Gasteiger partial charge in [0.1, 0.15) is 0 Å². The van der Waals surface area contributed by atoms with E-state index >= 15 is 0 Å². The van der Waals surface area contributed by atoms with E-state index in [-0.39, 0.29) is 5.91 Å². The van der Waals surface area contributed by atoms with Crippen molar-refractivity contribution in [3.05, 3.63) is 53.0 Å². The largest absolute Gasteiger partial charge is 0.493 e. The Balaban J connectivity index is 1.52. The van der Waals surface area contributed by atoms with Crippen LogP contribution in [-0.2, 0) is 24.2 Å². The van der Waals surface area contributed by atoms with Crippen molar-refractivity contribution in [1.82, 2.24) is 19.5 Å². The van der Waals surface area contributed by atoms with Crippen molar-refractivity contribution in [2.75, 3.05) is 20.8 Å². The molecule has 4 rings (SSSR count). The SMILES string of the molecule is COc1ccc(CC(=O)N2CCc3c(cnc4cc(C)nn34)C2)cc1OC. The number of aryl methyl sites for hydroxylation is 1. The number of aromatic nitrogens is 3. The second-order valence-electron chi connectivity index (χ2n) is 6.72. The molecule has 0 radical (unpaired) electrons. The zero-order valence-corrected chi connectivity index (χ0v) is 15.7.